The molecule has 15 heavy (non-hydrogen) atoms. The standard InChI is InChI=1S/C12H17NO2/c1-8-6-5-7-11(9(8)2)13-10(3)12(14)15-4/h5-7,10,13H,1-4H3/t10-/m1/s1. The molecule has 1 rings (SSSR count). The number of hydrogen-bond donors (Lipinski definition) is 1. The van der Waals surface area contributed by atoms with Crippen LogP contribution in [0.4, 0.5) is 5.69 Å². The highest BCUT2D eigenvalue weighted by Gasteiger charge is 2.13. The van der Waals surface area contributed by atoms with Crippen LogP contribution in [0.2, 0.25) is 0 Å². The van der Waals surface area contributed by atoms with E-state index in [2.05, 4.69) is 10.1 Å². The smallest absolute Gasteiger partial charge is 0.327 e. The second-order valence-corrected chi connectivity index (χ2v) is 3.64. The summed E-state index contributed by atoms with van der Waals surface area (Å²) < 4.78 is 4.65. The summed E-state index contributed by atoms with van der Waals surface area (Å²) in [6.07, 6.45) is 0. The average Bonchev–Trinajstić information content (AvgIpc) is 2.23. The number of rotatable bonds is 3. The lowest BCUT2D eigenvalue weighted by Crippen LogP contribution is -2.27. The van der Waals surface area contributed by atoms with Crippen LogP contribution < -0.4 is 5.32 Å². The van der Waals surface area contributed by atoms with Crippen molar-refractivity contribution < 1.29 is 9.53 Å². The number of anilines is 1. The molecule has 1 aromatic carbocycles. The summed E-state index contributed by atoms with van der Waals surface area (Å²) in [6, 6.07) is 5.65. The first-order valence-electron chi connectivity index (χ1n) is 4.97. The Labute approximate surface area is 90.4 Å². The van der Waals surface area contributed by atoms with Crippen LogP contribution in [0.1, 0.15) is 18.1 Å². The normalized spacial score (nSPS) is 12.0. The summed E-state index contributed by atoms with van der Waals surface area (Å²) in [7, 11) is 1.39. The Morgan fingerprint density at radius 2 is 2.07 bits per heavy atom. The molecule has 1 aromatic rings. The van der Waals surface area contributed by atoms with Gasteiger partial charge < -0.3 is 10.1 Å². The molecule has 0 saturated carbocycles. The number of benzene rings is 1. The van der Waals surface area contributed by atoms with Gasteiger partial charge in [-0.25, -0.2) is 4.79 Å². The third kappa shape index (κ3) is 2.72. The first kappa shape index (κ1) is 11.6. The first-order valence-corrected chi connectivity index (χ1v) is 4.97. The minimum atomic E-state index is -0.324. The molecule has 0 radical (unpaired) electrons. The van der Waals surface area contributed by atoms with E-state index in [4.69, 9.17) is 0 Å². The maximum Gasteiger partial charge on any atom is 0.327 e. The molecule has 1 N–H and O–H groups in total. The molecule has 0 aliphatic heterocycles. The quantitative estimate of drug-likeness (QED) is 0.773. The van der Waals surface area contributed by atoms with Crippen molar-refractivity contribution in [3.63, 3.8) is 0 Å². The number of nitrogens with one attached hydrogen (secondary N) is 1. The molecule has 1 atom stereocenters. The molecule has 0 spiro atoms. The summed E-state index contributed by atoms with van der Waals surface area (Å²) in [5.41, 5.74) is 3.35. The van der Waals surface area contributed by atoms with E-state index in [0.717, 1.165) is 11.3 Å². The summed E-state index contributed by atoms with van der Waals surface area (Å²) in [5.74, 6) is -0.254. The number of ether oxygens (including phenoxy) is 1. The van der Waals surface area contributed by atoms with Crippen LogP contribution in [0.5, 0.6) is 0 Å². The van der Waals surface area contributed by atoms with Crippen molar-refractivity contribution in [3.05, 3.63) is 29.3 Å². The molecular formula is C12H17NO2. The van der Waals surface area contributed by atoms with Gasteiger partial charge in [0.05, 0.1) is 7.11 Å². The SMILES string of the molecule is COC(=O)[C@@H](C)Nc1cccc(C)c1C. The van der Waals surface area contributed by atoms with Gasteiger partial charge in [-0.2, -0.15) is 0 Å². The summed E-state index contributed by atoms with van der Waals surface area (Å²) in [4.78, 5) is 11.2. The van der Waals surface area contributed by atoms with Gasteiger partial charge in [0, 0.05) is 5.69 Å². The molecule has 0 saturated heterocycles. The van der Waals surface area contributed by atoms with Gasteiger partial charge in [-0.1, -0.05) is 12.1 Å². The molecule has 3 nitrogen and oxygen atoms in total. The van der Waals surface area contributed by atoms with Crippen LogP contribution in [-0.4, -0.2) is 19.1 Å². The van der Waals surface area contributed by atoms with Crippen LogP contribution >= 0.6 is 0 Å². The molecule has 0 bridgehead atoms. The van der Waals surface area contributed by atoms with Crippen molar-refractivity contribution in [2.24, 2.45) is 0 Å². The molecule has 0 fully saturated rings. The Morgan fingerprint density at radius 3 is 2.67 bits per heavy atom. The van der Waals surface area contributed by atoms with E-state index in [0.29, 0.717) is 0 Å². The first-order chi connectivity index (χ1) is 7.06. The van der Waals surface area contributed by atoms with Crippen molar-refractivity contribution >= 4 is 11.7 Å². The number of carbonyl (C=O) groups is 1. The highest BCUT2D eigenvalue weighted by atomic mass is 16.5. The van der Waals surface area contributed by atoms with Gasteiger partial charge in [-0.3, -0.25) is 0 Å². The second-order valence-electron chi connectivity index (χ2n) is 3.64. The van der Waals surface area contributed by atoms with E-state index < -0.39 is 0 Å². The van der Waals surface area contributed by atoms with Crippen LogP contribution in [0.15, 0.2) is 18.2 Å². The predicted octanol–water partition coefficient (Wildman–Crippen LogP) is 2.28. The monoisotopic (exact) mass is 207 g/mol. The molecule has 0 amide bonds. The van der Waals surface area contributed by atoms with Crippen LogP contribution in [-0.2, 0) is 9.53 Å². The van der Waals surface area contributed by atoms with E-state index in [1.165, 1.54) is 12.7 Å². The molecule has 82 valence electrons. The third-order valence-corrected chi connectivity index (χ3v) is 2.53. The Kier molecular flexibility index (Phi) is 3.72. The highest BCUT2D eigenvalue weighted by molar-refractivity contribution is 5.79. The zero-order chi connectivity index (χ0) is 11.4. The number of carbonyl (C=O) groups excluding carboxylic acids is 1. The lowest BCUT2D eigenvalue weighted by atomic mass is 10.1. The van der Waals surface area contributed by atoms with Gasteiger partial charge in [-0.05, 0) is 38.0 Å². The molecule has 0 unspecified atom stereocenters. The van der Waals surface area contributed by atoms with Crippen LogP contribution in [0.25, 0.3) is 0 Å². The van der Waals surface area contributed by atoms with E-state index in [9.17, 15) is 4.79 Å². The second kappa shape index (κ2) is 4.82. The van der Waals surface area contributed by atoms with Crippen LogP contribution in [0, 0.1) is 13.8 Å². The molecule has 0 heterocycles. The van der Waals surface area contributed by atoms with E-state index in [1.54, 1.807) is 6.92 Å². The van der Waals surface area contributed by atoms with E-state index in [-0.39, 0.29) is 12.0 Å². The van der Waals surface area contributed by atoms with Gasteiger partial charge in [0.1, 0.15) is 6.04 Å². The molecule has 0 aromatic heterocycles. The topological polar surface area (TPSA) is 38.3 Å². The van der Waals surface area contributed by atoms with Crippen molar-refractivity contribution in [1.29, 1.82) is 0 Å². The zero-order valence-corrected chi connectivity index (χ0v) is 9.63. The van der Waals surface area contributed by atoms with Crippen molar-refractivity contribution in [3.8, 4) is 0 Å². The van der Waals surface area contributed by atoms with Gasteiger partial charge in [0.2, 0.25) is 0 Å². The third-order valence-electron chi connectivity index (χ3n) is 2.53. The number of hydrogen-bond acceptors (Lipinski definition) is 3. The Morgan fingerprint density at radius 1 is 1.40 bits per heavy atom. The van der Waals surface area contributed by atoms with Gasteiger partial charge >= 0.3 is 5.97 Å². The predicted molar refractivity (Wildman–Crippen MR) is 61.0 cm³/mol. The molecule has 3 heteroatoms. The lowest BCUT2D eigenvalue weighted by Gasteiger charge is -2.15. The number of esters is 1. The van der Waals surface area contributed by atoms with Crippen molar-refractivity contribution in [2.75, 3.05) is 12.4 Å². The summed E-state index contributed by atoms with van der Waals surface area (Å²) >= 11 is 0. The fraction of sp³-hybridized carbons (Fsp3) is 0.417. The number of aryl methyl sites for hydroxylation is 1. The average molecular weight is 207 g/mol. The summed E-state index contributed by atoms with van der Waals surface area (Å²) in [5, 5.41) is 3.13. The van der Waals surface area contributed by atoms with Crippen molar-refractivity contribution in [2.45, 2.75) is 26.8 Å². The van der Waals surface area contributed by atoms with Gasteiger partial charge in [-0.15, -0.1) is 0 Å². The largest absolute Gasteiger partial charge is 0.467 e. The Balaban J connectivity index is 2.81. The van der Waals surface area contributed by atoms with Crippen LogP contribution in [0.3, 0.4) is 0 Å². The zero-order valence-electron chi connectivity index (χ0n) is 9.63. The maximum atomic E-state index is 11.2. The van der Waals surface area contributed by atoms with E-state index >= 15 is 0 Å². The minimum Gasteiger partial charge on any atom is -0.467 e. The minimum absolute atomic E-state index is 0.254. The number of methoxy groups -OCH3 is 1. The Hall–Kier alpha value is -1.51. The Bertz CT molecular complexity index is 361. The molecular weight excluding hydrogens is 190 g/mol. The van der Waals surface area contributed by atoms with E-state index in [1.807, 2.05) is 32.0 Å². The lowest BCUT2D eigenvalue weighted by molar-refractivity contribution is -0.141. The molecule has 0 aliphatic rings. The van der Waals surface area contributed by atoms with Gasteiger partial charge in [0.25, 0.3) is 0 Å². The fourth-order valence-corrected chi connectivity index (χ4v) is 1.38. The van der Waals surface area contributed by atoms with Crippen molar-refractivity contribution in [1.82, 2.24) is 0 Å². The van der Waals surface area contributed by atoms with Gasteiger partial charge in [0.15, 0.2) is 0 Å². The summed E-state index contributed by atoms with van der Waals surface area (Å²) in [6.45, 7) is 5.86. The highest BCUT2D eigenvalue weighted by Crippen LogP contribution is 2.18. The maximum absolute atomic E-state index is 11.2. The molecule has 0 aliphatic carbocycles. The fourth-order valence-electron chi connectivity index (χ4n) is 1.38.